The smallest absolute Gasteiger partial charge is 0.295 e. The number of carbonyl (C=O) groups is 2. The molecule has 0 aliphatic rings. The van der Waals surface area contributed by atoms with Crippen molar-refractivity contribution in [2.75, 3.05) is 10.6 Å². The van der Waals surface area contributed by atoms with Crippen LogP contribution < -0.4 is 10.6 Å². The van der Waals surface area contributed by atoms with Gasteiger partial charge >= 0.3 is 0 Å². The first-order valence-corrected chi connectivity index (χ1v) is 10.5. The highest BCUT2D eigenvalue weighted by molar-refractivity contribution is 7.86. The van der Waals surface area contributed by atoms with Gasteiger partial charge in [0, 0.05) is 36.3 Å². The quantitative estimate of drug-likeness (QED) is 0.523. The highest BCUT2D eigenvalue weighted by Crippen LogP contribution is 2.35. The second-order valence-corrected chi connectivity index (χ2v) is 8.51. The van der Waals surface area contributed by atoms with Gasteiger partial charge in [-0.15, -0.1) is 0 Å². The van der Waals surface area contributed by atoms with Gasteiger partial charge in [-0.05, 0) is 24.3 Å². The number of nitrogens with one attached hydrogen (secondary N) is 2. The molecule has 0 fully saturated rings. The molecule has 0 saturated heterocycles. The van der Waals surface area contributed by atoms with Gasteiger partial charge in [0.05, 0.1) is 0 Å². The molecule has 0 spiro atoms. The summed E-state index contributed by atoms with van der Waals surface area (Å²) in [4.78, 5) is 21.0. The van der Waals surface area contributed by atoms with Gasteiger partial charge in [0.15, 0.2) is 0 Å². The maximum absolute atomic E-state index is 11.8. The van der Waals surface area contributed by atoms with Gasteiger partial charge < -0.3 is 10.6 Å². The third-order valence-corrected chi connectivity index (χ3v) is 5.24. The molecule has 150 valence electrons. The maximum atomic E-state index is 11.8. The van der Waals surface area contributed by atoms with E-state index in [1.807, 2.05) is 0 Å². The highest BCUT2D eigenvalue weighted by atomic mass is 32.2. The van der Waals surface area contributed by atoms with Crippen LogP contribution in [0.4, 0.5) is 11.4 Å². The van der Waals surface area contributed by atoms with Crippen molar-refractivity contribution in [3.05, 3.63) is 36.4 Å². The summed E-state index contributed by atoms with van der Waals surface area (Å²) in [6, 6.07) is 6.80. The zero-order chi connectivity index (χ0) is 21.3. The molecule has 0 radical (unpaired) electrons. The van der Waals surface area contributed by atoms with E-state index in [-0.39, 0.29) is 22.5 Å². The van der Waals surface area contributed by atoms with Crippen molar-refractivity contribution in [2.45, 2.75) is 23.6 Å². The average molecular weight is 428 g/mol. The van der Waals surface area contributed by atoms with E-state index in [0.29, 0.717) is 0 Å². The van der Waals surface area contributed by atoms with E-state index < -0.39 is 41.8 Å². The van der Waals surface area contributed by atoms with E-state index in [4.69, 9.17) is 0 Å². The second-order valence-electron chi connectivity index (χ2n) is 5.73. The van der Waals surface area contributed by atoms with Gasteiger partial charge in [-0.2, -0.15) is 16.8 Å². The highest BCUT2D eigenvalue weighted by Gasteiger charge is 2.24. The summed E-state index contributed by atoms with van der Waals surface area (Å²) >= 11 is 0. The summed E-state index contributed by atoms with van der Waals surface area (Å²) in [5, 5.41) is 4.68. The Morgan fingerprint density at radius 2 is 1.04 bits per heavy atom. The fourth-order valence-electron chi connectivity index (χ4n) is 2.48. The summed E-state index contributed by atoms with van der Waals surface area (Å²) in [6.45, 7) is 2.39. The molecule has 28 heavy (non-hydrogen) atoms. The minimum atomic E-state index is -4.83. The molecule has 0 aliphatic carbocycles. The van der Waals surface area contributed by atoms with E-state index in [1.54, 1.807) is 0 Å². The van der Waals surface area contributed by atoms with Crippen LogP contribution >= 0.6 is 0 Å². The Morgan fingerprint density at radius 3 is 1.29 bits per heavy atom. The molecule has 0 atom stereocenters. The lowest BCUT2D eigenvalue weighted by atomic mass is 10.0. The molecule has 0 unspecified atom stereocenters. The van der Waals surface area contributed by atoms with Crippen molar-refractivity contribution >= 4 is 43.4 Å². The number of amides is 2. The third-order valence-electron chi connectivity index (χ3n) is 3.45. The first kappa shape index (κ1) is 21.5. The molecule has 12 heteroatoms. The van der Waals surface area contributed by atoms with Crippen LogP contribution in [-0.4, -0.2) is 37.8 Å². The molecular formula is C16H16N2O8S2. The van der Waals surface area contributed by atoms with Gasteiger partial charge in [-0.3, -0.25) is 18.7 Å². The zero-order valence-corrected chi connectivity index (χ0v) is 16.3. The molecule has 2 aromatic rings. The van der Waals surface area contributed by atoms with Crippen LogP contribution in [-0.2, 0) is 29.8 Å². The Balaban J connectivity index is 2.79. The monoisotopic (exact) mass is 428 g/mol. The first-order chi connectivity index (χ1) is 12.8. The Bertz CT molecular complexity index is 1080. The first-order valence-electron chi connectivity index (χ1n) is 7.57. The van der Waals surface area contributed by atoms with Crippen molar-refractivity contribution in [1.82, 2.24) is 0 Å². The standard InChI is InChI=1S/C16H16N2O8S2/c1-9(19)17-11-3-5-13(15(7-11)27(21,22)23)14-6-4-12(18-10(2)20)8-16(14)28(24,25)26/h3-8H,1-2H3,(H,17,19)(H,18,20)(H,21,22,23)(H,24,25,26). The summed E-state index contributed by atoms with van der Waals surface area (Å²) in [5.41, 5.74) is -0.378. The number of benzene rings is 2. The largest absolute Gasteiger partial charge is 0.326 e. The molecule has 0 heterocycles. The predicted molar refractivity (Wildman–Crippen MR) is 100 cm³/mol. The van der Waals surface area contributed by atoms with E-state index in [9.17, 15) is 35.5 Å². The molecule has 2 rings (SSSR count). The summed E-state index contributed by atoms with van der Waals surface area (Å²) in [6.07, 6.45) is 0. The molecule has 2 aromatic carbocycles. The Kier molecular flexibility index (Phi) is 5.89. The van der Waals surface area contributed by atoms with Gasteiger partial charge in [0.1, 0.15) is 9.79 Å². The van der Waals surface area contributed by atoms with Crippen LogP contribution in [0.2, 0.25) is 0 Å². The number of hydrogen-bond donors (Lipinski definition) is 4. The topological polar surface area (TPSA) is 167 Å². The van der Waals surface area contributed by atoms with Gasteiger partial charge in [-0.1, -0.05) is 12.1 Å². The Morgan fingerprint density at radius 1 is 0.714 bits per heavy atom. The van der Waals surface area contributed by atoms with Crippen LogP contribution in [0.25, 0.3) is 11.1 Å². The normalized spacial score (nSPS) is 11.7. The number of carbonyl (C=O) groups excluding carboxylic acids is 2. The number of anilines is 2. The molecule has 0 bridgehead atoms. The van der Waals surface area contributed by atoms with E-state index in [1.165, 1.54) is 26.0 Å². The summed E-state index contributed by atoms with van der Waals surface area (Å²) < 4.78 is 66.3. The van der Waals surface area contributed by atoms with Crippen LogP contribution in [0.5, 0.6) is 0 Å². The van der Waals surface area contributed by atoms with E-state index in [2.05, 4.69) is 10.6 Å². The number of hydrogen-bond acceptors (Lipinski definition) is 6. The molecular weight excluding hydrogens is 412 g/mol. The summed E-state index contributed by atoms with van der Waals surface area (Å²) in [5.74, 6) is -0.986. The molecule has 0 saturated carbocycles. The van der Waals surface area contributed by atoms with Crippen molar-refractivity contribution < 1.29 is 35.5 Å². The van der Waals surface area contributed by atoms with Crippen molar-refractivity contribution in [1.29, 1.82) is 0 Å². The van der Waals surface area contributed by atoms with Crippen LogP contribution in [0, 0.1) is 0 Å². The molecule has 4 N–H and O–H groups in total. The molecule has 10 nitrogen and oxygen atoms in total. The number of rotatable bonds is 5. The van der Waals surface area contributed by atoms with Crippen LogP contribution in [0.3, 0.4) is 0 Å². The lowest BCUT2D eigenvalue weighted by molar-refractivity contribution is -0.115. The van der Waals surface area contributed by atoms with Crippen molar-refractivity contribution in [3.8, 4) is 11.1 Å². The van der Waals surface area contributed by atoms with Gasteiger partial charge in [0.25, 0.3) is 20.2 Å². The minimum absolute atomic E-state index is 0.0483. The summed E-state index contributed by atoms with van der Waals surface area (Å²) in [7, 11) is -9.66. The fraction of sp³-hybridized carbons (Fsp3) is 0.125. The Hall–Kier alpha value is -2.80. The maximum Gasteiger partial charge on any atom is 0.295 e. The third kappa shape index (κ3) is 5.13. The fourth-order valence-corrected chi connectivity index (χ4v) is 3.94. The van der Waals surface area contributed by atoms with Crippen LogP contribution in [0.15, 0.2) is 46.2 Å². The van der Waals surface area contributed by atoms with Crippen molar-refractivity contribution in [2.24, 2.45) is 0 Å². The Labute approximate surface area is 161 Å². The van der Waals surface area contributed by atoms with Gasteiger partial charge in [-0.25, -0.2) is 0 Å². The van der Waals surface area contributed by atoms with Gasteiger partial charge in [0.2, 0.25) is 11.8 Å². The minimum Gasteiger partial charge on any atom is -0.326 e. The molecule has 2 amide bonds. The molecule has 0 aromatic heterocycles. The lowest BCUT2D eigenvalue weighted by Crippen LogP contribution is -2.10. The van der Waals surface area contributed by atoms with Crippen molar-refractivity contribution in [3.63, 3.8) is 0 Å². The van der Waals surface area contributed by atoms with E-state index in [0.717, 1.165) is 24.3 Å². The van der Waals surface area contributed by atoms with E-state index >= 15 is 0 Å². The predicted octanol–water partition coefficient (Wildman–Crippen LogP) is 1.76. The SMILES string of the molecule is CC(=O)Nc1ccc(-c2ccc(NC(C)=O)cc2S(=O)(=O)O)c(S(=O)(=O)O)c1. The lowest BCUT2D eigenvalue weighted by Gasteiger charge is -2.14. The van der Waals surface area contributed by atoms with Crippen LogP contribution in [0.1, 0.15) is 13.8 Å². The molecule has 0 aliphatic heterocycles. The average Bonchev–Trinajstić information content (AvgIpc) is 2.52. The zero-order valence-electron chi connectivity index (χ0n) is 14.6. The second kappa shape index (κ2) is 7.67.